The van der Waals surface area contributed by atoms with Crippen LogP contribution in [0.1, 0.15) is 0 Å². The molecule has 0 saturated heterocycles. The highest BCUT2D eigenvalue weighted by molar-refractivity contribution is 6.21. The van der Waals surface area contributed by atoms with Crippen LogP contribution in [0, 0.1) is 0 Å². The summed E-state index contributed by atoms with van der Waals surface area (Å²) in [6, 6.07) is 61.8. The van der Waals surface area contributed by atoms with Crippen LogP contribution < -0.4 is 0 Å². The van der Waals surface area contributed by atoms with Crippen LogP contribution in [-0.4, -0.2) is 23.9 Å². The highest BCUT2D eigenvalue weighted by Crippen LogP contribution is 2.42. The lowest BCUT2D eigenvalue weighted by Crippen LogP contribution is -2.03. The molecule has 0 saturated carbocycles. The minimum Gasteiger partial charge on any atom is -0.291 e. The van der Waals surface area contributed by atoms with E-state index in [9.17, 15) is 0 Å². The molecule has 0 amide bonds. The van der Waals surface area contributed by atoms with Crippen LogP contribution >= 0.6 is 0 Å². The van der Waals surface area contributed by atoms with Crippen LogP contribution in [-0.2, 0) is 0 Å². The quantitative estimate of drug-likeness (QED) is 0.176. The number of hydrogen-bond acceptors (Lipinski definition) is 3. The summed E-state index contributed by atoms with van der Waals surface area (Å²) in [7, 11) is 0. The van der Waals surface area contributed by atoms with Crippen molar-refractivity contribution in [3.8, 4) is 39.9 Å². The number of nitrogens with zero attached hydrogens (tertiary/aromatic N) is 5. The minimum absolute atomic E-state index is 0.646. The molecule has 0 N–H and O–H groups in total. The van der Waals surface area contributed by atoms with Crippen LogP contribution in [0.5, 0.6) is 0 Å². The molecule has 7 aromatic carbocycles. The van der Waals surface area contributed by atoms with Gasteiger partial charge in [0.05, 0.1) is 39.0 Å². The Bertz CT molecular complexity index is 3160. The fraction of sp³-hybridized carbons (Fsp3) is 0. The van der Waals surface area contributed by atoms with E-state index in [1.807, 2.05) is 12.1 Å². The van der Waals surface area contributed by atoms with Gasteiger partial charge in [-0.05, 0) is 29.7 Å². The standard InChI is InChI=1S/C47H29N5/c1-4-16-30(17-5-1)43-36-25-12-14-26-39(36)48-47(50-43)51-40-27-15-13-23-34(40)38-29-42-37(28-41(38)51)33-22-10-11-24-35(33)45-44(31-18-6-2-7-19-31)49-46(52(42)45)32-20-8-3-9-21-32/h1-29H. The molecule has 0 aliphatic heterocycles. The van der Waals surface area contributed by atoms with Gasteiger partial charge in [0, 0.05) is 43.6 Å². The maximum atomic E-state index is 5.43. The third kappa shape index (κ3) is 4.20. The molecule has 242 valence electrons. The Morgan fingerprint density at radius 1 is 0.346 bits per heavy atom. The lowest BCUT2D eigenvalue weighted by Gasteiger charge is -2.14. The van der Waals surface area contributed by atoms with Crippen molar-refractivity contribution < 1.29 is 0 Å². The average molecular weight is 664 g/mol. The predicted molar refractivity (Wildman–Crippen MR) is 214 cm³/mol. The lowest BCUT2D eigenvalue weighted by molar-refractivity contribution is 1.01. The van der Waals surface area contributed by atoms with E-state index in [-0.39, 0.29) is 0 Å². The summed E-state index contributed by atoms with van der Waals surface area (Å²) in [4.78, 5) is 16.0. The van der Waals surface area contributed by atoms with Crippen LogP contribution in [0.4, 0.5) is 0 Å². The van der Waals surface area contributed by atoms with E-state index in [1.165, 1.54) is 5.39 Å². The van der Waals surface area contributed by atoms with Crippen LogP contribution in [0.15, 0.2) is 176 Å². The zero-order valence-corrected chi connectivity index (χ0v) is 28.0. The maximum Gasteiger partial charge on any atom is 0.235 e. The highest BCUT2D eigenvalue weighted by Gasteiger charge is 2.23. The number of aromatic nitrogens is 5. The first-order valence-electron chi connectivity index (χ1n) is 17.6. The predicted octanol–water partition coefficient (Wildman–Crippen LogP) is 11.7. The Morgan fingerprint density at radius 3 is 1.62 bits per heavy atom. The van der Waals surface area contributed by atoms with E-state index in [0.29, 0.717) is 5.95 Å². The van der Waals surface area contributed by atoms with E-state index < -0.39 is 0 Å². The zero-order chi connectivity index (χ0) is 34.2. The molecule has 5 heteroatoms. The van der Waals surface area contributed by atoms with Crippen molar-refractivity contribution in [3.05, 3.63) is 176 Å². The lowest BCUT2D eigenvalue weighted by atomic mass is 10.0. The zero-order valence-electron chi connectivity index (χ0n) is 28.0. The van der Waals surface area contributed by atoms with Crippen LogP contribution in [0.2, 0.25) is 0 Å². The Labute approximate surface area is 298 Å². The van der Waals surface area contributed by atoms with Crippen molar-refractivity contribution >= 4 is 59.9 Å². The average Bonchev–Trinajstić information content (AvgIpc) is 3.78. The summed E-state index contributed by atoms with van der Waals surface area (Å²) in [5.41, 5.74) is 10.3. The summed E-state index contributed by atoms with van der Waals surface area (Å²) >= 11 is 0. The van der Waals surface area contributed by atoms with Gasteiger partial charge in [-0.1, -0.05) is 152 Å². The van der Waals surface area contributed by atoms with E-state index in [0.717, 1.165) is 88.4 Å². The van der Waals surface area contributed by atoms with E-state index in [2.05, 4.69) is 173 Å². The fourth-order valence-corrected chi connectivity index (χ4v) is 8.01. The number of pyridine rings is 1. The number of para-hydroxylation sites is 2. The molecule has 11 aromatic rings. The monoisotopic (exact) mass is 663 g/mol. The molecule has 5 nitrogen and oxygen atoms in total. The first kappa shape index (κ1) is 28.7. The largest absolute Gasteiger partial charge is 0.291 e. The number of hydrogen-bond donors (Lipinski definition) is 0. The summed E-state index contributed by atoms with van der Waals surface area (Å²) in [6.45, 7) is 0. The molecule has 0 unspecified atom stereocenters. The van der Waals surface area contributed by atoms with Gasteiger partial charge < -0.3 is 0 Å². The van der Waals surface area contributed by atoms with Crippen LogP contribution in [0.25, 0.3) is 99.8 Å². The summed E-state index contributed by atoms with van der Waals surface area (Å²) in [5, 5.41) is 6.76. The van der Waals surface area contributed by atoms with E-state index >= 15 is 0 Å². The SMILES string of the molecule is c1ccc(-c2nc(-n3c4ccccc4c4cc5c(cc43)c3ccccc3c3c(-c4ccccc4)nc(-c4ccccc4)n53)nc3ccccc23)cc1. The molecule has 0 fully saturated rings. The maximum absolute atomic E-state index is 5.43. The highest BCUT2D eigenvalue weighted by atomic mass is 15.2. The molecule has 52 heavy (non-hydrogen) atoms. The smallest absolute Gasteiger partial charge is 0.235 e. The van der Waals surface area contributed by atoms with Gasteiger partial charge in [0.15, 0.2) is 0 Å². The Morgan fingerprint density at radius 2 is 0.885 bits per heavy atom. The van der Waals surface area contributed by atoms with Gasteiger partial charge in [-0.25, -0.2) is 15.0 Å². The minimum atomic E-state index is 0.646. The molecule has 0 bridgehead atoms. The van der Waals surface area contributed by atoms with Crippen molar-refractivity contribution in [2.75, 3.05) is 0 Å². The van der Waals surface area contributed by atoms with Crippen molar-refractivity contribution in [2.24, 2.45) is 0 Å². The van der Waals surface area contributed by atoms with Gasteiger partial charge in [0.2, 0.25) is 5.95 Å². The Kier molecular flexibility index (Phi) is 6.18. The normalized spacial score (nSPS) is 11.8. The topological polar surface area (TPSA) is 48.0 Å². The first-order chi connectivity index (χ1) is 25.8. The Hall–Kier alpha value is -7.11. The van der Waals surface area contributed by atoms with Gasteiger partial charge in [-0.15, -0.1) is 0 Å². The molecule has 0 aliphatic rings. The third-order valence-electron chi connectivity index (χ3n) is 10.3. The van der Waals surface area contributed by atoms with E-state index in [1.54, 1.807) is 0 Å². The third-order valence-corrected chi connectivity index (χ3v) is 10.3. The molecule has 0 atom stereocenters. The number of benzene rings is 7. The van der Waals surface area contributed by atoms with Crippen molar-refractivity contribution in [2.45, 2.75) is 0 Å². The number of fused-ring (bicyclic) bond motifs is 10. The van der Waals surface area contributed by atoms with Gasteiger partial charge >= 0.3 is 0 Å². The molecule has 0 radical (unpaired) electrons. The molecule has 0 aliphatic carbocycles. The van der Waals surface area contributed by atoms with Crippen molar-refractivity contribution in [1.29, 1.82) is 0 Å². The van der Waals surface area contributed by atoms with Crippen molar-refractivity contribution in [1.82, 2.24) is 23.9 Å². The second-order valence-electron chi connectivity index (χ2n) is 13.2. The fourth-order valence-electron chi connectivity index (χ4n) is 8.01. The van der Waals surface area contributed by atoms with Gasteiger partial charge in [-0.3, -0.25) is 8.97 Å². The second kappa shape index (κ2) is 11.2. The Balaban J connectivity index is 1.31. The summed E-state index contributed by atoms with van der Waals surface area (Å²) in [5.74, 6) is 1.56. The molecular weight excluding hydrogens is 635 g/mol. The molecule has 4 aromatic heterocycles. The van der Waals surface area contributed by atoms with Crippen LogP contribution in [0.3, 0.4) is 0 Å². The van der Waals surface area contributed by atoms with Gasteiger partial charge in [0.25, 0.3) is 0 Å². The molecule has 11 rings (SSSR count). The number of rotatable bonds is 4. The summed E-state index contributed by atoms with van der Waals surface area (Å²) < 4.78 is 4.62. The van der Waals surface area contributed by atoms with E-state index in [4.69, 9.17) is 15.0 Å². The second-order valence-corrected chi connectivity index (χ2v) is 13.2. The molecule has 0 spiro atoms. The summed E-state index contributed by atoms with van der Waals surface area (Å²) in [6.07, 6.45) is 0. The van der Waals surface area contributed by atoms with Gasteiger partial charge in [-0.2, -0.15) is 0 Å². The van der Waals surface area contributed by atoms with Crippen molar-refractivity contribution in [3.63, 3.8) is 0 Å². The number of imidazole rings is 1. The van der Waals surface area contributed by atoms with Gasteiger partial charge in [0.1, 0.15) is 5.82 Å². The molecule has 4 heterocycles. The molecular formula is C47H29N5. The first-order valence-corrected chi connectivity index (χ1v) is 17.6.